The van der Waals surface area contributed by atoms with Crippen LogP contribution < -0.4 is 5.32 Å². The maximum Gasteiger partial charge on any atom is 0.414 e. The molecule has 2 aromatic carbocycles. The first-order valence-electron chi connectivity index (χ1n) is 8.31. The fraction of sp³-hybridized carbons (Fsp3) is 0.150. The van der Waals surface area contributed by atoms with Gasteiger partial charge in [-0.25, -0.2) is 19.0 Å². The summed E-state index contributed by atoms with van der Waals surface area (Å²) in [5, 5.41) is 18.1. The molecule has 146 valence electrons. The zero-order valence-electron chi connectivity index (χ0n) is 15.4. The summed E-state index contributed by atoms with van der Waals surface area (Å²) in [6.45, 7) is 2.68. The van der Waals surface area contributed by atoms with Gasteiger partial charge in [0, 0.05) is 13.6 Å². The molecule has 0 bridgehead atoms. The third-order valence-electron chi connectivity index (χ3n) is 3.88. The van der Waals surface area contributed by atoms with E-state index in [9.17, 15) is 4.39 Å². The number of anilines is 1. The molecule has 0 unspecified atom stereocenters. The van der Waals surface area contributed by atoms with E-state index in [1.54, 1.807) is 12.1 Å². The number of imidazole rings is 1. The standard InChI is InChI=1S/C18H18FN3.C2H2O4/c1-13-3-7-15(8-4-13)17-12-21-18(22(17)2)20-11-14-5-9-16(19)10-6-14;3-1(4)2(5)6/h3-10,12H,11H2,1-2H3,(H,20,21);(H,3,4)(H,5,6). The van der Waals surface area contributed by atoms with E-state index < -0.39 is 11.9 Å². The van der Waals surface area contributed by atoms with Gasteiger partial charge in [0.25, 0.3) is 0 Å². The Hall–Kier alpha value is -3.68. The maximum atomic E-state index is 12.9. The molecule has 0 aliphatic carbocycles. The summed E-state index contributed by atoms with van der Waals surface area (Å²) in [6, 6.07) is 14.8. The summed E-state index contributed by atoms with van der Waals surface area (Å²) in [4.78, 5) is 22.6. The van der Waals surface area contributed by atoms with Crippen LogP contribution in [0.15, 0.2) is 54.7 Å². The Labute approximate surface area is 161 Å². The number of aromatic nitrogens is 2. The van der Waals surface area contributed by atoms with Crippen molar-refractivity contribution < 1.29 is 24.2 Å². The molecule has 1 heterocycles. The van der Waals surface area contributed by atoms with Gasteiger partial charge in [0.1, 0.15) is 5.82 Å². The number of hydrogen-bond donors (Lipinski definition) is 3. The molecule has 28 heavy (non-hydrogen) atoms. The van der Waals surface area contributed by atoms with Crippen LogP contribution in [0.3, 0.4) is 0 Å². The number of hydrogen-bond acceptors (Lipinski definition) is 4. The van der Waals surface area contributed by atoms with Gasteiger partial charge in [-0.3, -0.25) is 0 Å². The number of carboxylic acids is 2. The highest BCUT2D eigenvalue weighted by molar-refractivity contribution is 6.27. The molecule has 0 aliphatic rings. The molecule has 0 aliphatic heterocycles. The second-order valence-corrected chi connectivity index (χ2v) is 5.98. The van der Waals surface area contributed by atoms with E-state index in [4.69, 9.17) is 19.8 Å². The molecule has 0 saturated carbocycles. The molecule has 0 saturated heterocycles. The van der Waals surface area contributed by atoms with Gasteiger partial charge in [-0.1, -0.05) is 42.0 Å². The lowest BCUT2D eigenvalue weighted by atomic mass is 10.1. The summed E-state index contributed by atoms with van der Waals surface area (Å²) in [5.41, 5.74) is 4.44. The Morgan fingerprint density at radius 1 is 1.04 bits per heavy atom. The summed E-state index contributed by atoms with van der Waals surface area (Å²) in [7, 11) is 1.98. The Morgan fingerprint density at radius 2 is 1.61 bits per heavy atom. The van der Waals surface area contributed by atoms with Crippen LogP contribution in [0.1, 0.15) is 11.1 Å². The molecule has 0 atom stereocenters. The minimum atomic E-state index is -1.82. The molecule has 0 radical (unpaired) electrons. The van der Waals surface area contributed by atoms with Crippen molar-refractivity contribution in [2.75, 3.05) is 5.32 Å². The SMILES string of the molecule is Cc1ccc(-c2cnc(NCc3ccc(F)cc3)n2C)cc1.O=C(O)C(=O)O. The first-order chi connectivity index (χ1) is 13.3. The molecule has 3 N–H and O–H groups in total. The van der Waals surface area contributed by atoms with Crippen molar-refractivity contribution in [2.24, 2.45) is 7.05 Å². The van der Waals surface area contributed by atoms with Gasteiger partial charge in [0.05, 0.1) is 11.9 Å². The number of aryl methyl sites for hydroxylation is 1. The molecule has 8 heteroatoms. The number of carbonyl (C=O) groups is 2. The summed E-state index contributed by atoms with van der Waals surface area (Å²) in [6.07, 6.45) is 1.86. The van der Waals surface area contributed by atoms with E-state index >= 15 is 0 Å². The average molecular weight is 385 g/mol. The largest absolute Gasteiger partial charge is 0.473 e. The number of benzene rings is 2. The number of carboxylic acid groups (broad SMARTS) is 2. The zero-order chi connectivity index (χ0) is 20.7. The first-order valence-corrected chi connectivity index (χ1v) is 8.31. The molecule has 0 amide bonds. The molecular formula is C20H20FN3O4. The molecular weight excluding hydrogens is 365 g/mol. The van der Waals surface area contributed by atoms with Crippen molar-refractivity contribution in [1.29, 1.82) is 0 Å². The normalized spacial score (nSPS) is 9.96. The van der Waals surface area contributed by atoms with Crippen molar-refractivity contribution >= 4 is 17.9 Å². The van der Waals surface area contributed by atoms with Crippen molar-refractivity contribution in [3.63, 3.8) is 0 Å². The van der Waals surface area contributed by atoms with Crippen LogP contribution in [-0.2, 0) is 23.2 Å². The van der Waals surface area contributed by atoms with Crippen LogP contribution in [0.25, 0.3) is 11.3 Å². The number of rotatable bonds is 4. The highest BCUT2D eigenvalue weighted by Crippen LogP contribution is 2.22. The number of nitrogens with zero attached hydrogens (tertiary/aromatic N) is 2. The Kier molecular flexibility index (Phi) is 6.86. The van der Waals surface area contributed by atoms with Crippen LogP contribution in [-0.4, -0.2) is 31.7 Å². The highest BCUT2D eigenvalue weighted by atomic mass is 19.1. The van der Waals surface area contributed by atoms with E-state index in [1.165, 1.54) is 17.7 Å². The summed E-state index contributed by atoms with van der Waals surface area (Å²) < 4.78 is 14.9. The molecule has 0 fully saturated rings. The van der Waals surface area contributed by atoms with Gasteiger partial charge < -0.3 is 20.1 Å². The van der Waals surface area contributed by atoms with E-state index in [0.717, 1.165) is 22.8 Å². The predicted molar refractivity (Wildman–Crippen MR) is 102 cm³/mol. The van der Waals surface area contributed by atoms with Crippen LogP contribution in [0.4, 0.5) is 10.3 Å². The first kappa shape index (κ1) is 20.6. The Bertz CT molecular complexity index is 939. The average Bonchev–Trinajstić information content (AvgIpc) is 3.03. The molecule has 7 nitrogen and oxygen atoms in total. The van der Waals surface area contributed by atoms with Crippen LogP contribution in [0.5, 0.6) is 0 Å². The highest BCUT2D eigenvalue weighted by Gasteiger charge is 2.08. The minimum Gasteiger partial charge on any atom is -0.473 e. The molecule has 1 aromatic heterocycles. The Morgan fingerprint density at radius 3 is 2.14 bits per heavy atom. The van der Waals surface area contributed by atoms with Gasteiger partial charge in [-0.15, -0.1) is 0 Å². The van der Waals surface area contributed by atoms with E-state index in [1.807, 2.05) is 17.8 Å². The second-order valence-electron chi connectivity index (χ2n) is 5.98. The third-order valence-corrected chi connectivity index (χ3v) is 3.88. The van der Waals surface area contributed by atoms with Crippen LogP contribution in [0.2, 0.25) is 0 Å². The fourth-order valence-electron chi connectivity index (χ4n) is 2.35. The van der Waals surface area contributed by atoms with Crippen molar-refractivity contribution in [1.82, 2.24) is 9.55 Å². The van der Waals surface area contributed by atoms with Gasteiger partial charge in [0.2, 0.25) is 5.95 Å². The van der Waals surface area contributed by atoms with Gasteiger partial charge in [-0.2, -0.15) is 0 Å². The summed E-state index contributed by atoms with van der Waals surface area (Å²) >= 11 is 0. The Balaban J connectivity index is 0.000000409. The number of nitrogens with one attached hydrogen (secondary N) is 1. The topological polar surface area (TPSA) is 104 Å². The monoisotopic (exact) mass is 385 g/mol. The number of halogens is 1. The minimum absolute atomic E-state index is 0.220. The molecule has 3 aromatic rings. The summed E-state index contributed by atoms with van der Waals surface area (Å²) in [5.74, 6) is -3.08. The van der Waals surface area contributed by atoms with Crippen LogP contribution >= 0.6 is 0 Å². The van der Waals surface area contributed by atoms with Gasteiger partial charge in [-0.05, 0) is 30.2 Å². The molecule has 0 spiro atoms. The van der Waals surface area contributed by atoms with Crippen molar-refractivity contribution in [2.45, 2.75) is 13.5 Å². The quantitative estimate of drug-likeness (QED) is 0.595. The lowest BCUT2D eigenvalue weighted by Gasteiger charge is -2.09. The van der Waals surface area contributed by atoms with Gasteiger partial charge in [0.15, 0.2) is 0 Å². The third kappa shape index (κ3) is 5.66. The second kappa shape index (κ2) is 9.31. The van der Waals surface area contributed by atoms with Crippen molar-refractivity contribution in [3.8, 4) is 11.3 Å². The smallest absolute Gasteiger partial charge is 0.414 e. The predicted octanol–water partition coefficient (Wildman–Crippen LogP) is 3.30. The molecule has 3 rings (SSSR count). The zero-order valence-corrected chi connectivity index (χ0v) is 15.4. The van der Waals surface area contributed by atoms with Gasteiger partial charge >= 0.3 is 11.9 Å². The van der Waals surface area contributed by atoms with E-state index in [2.05, 4.69) is 41.5 Å². The van der Waals surface area contributed by atoms with Crippen LogP contribution in [0, 0.1) is 12.7 Å². The maximum absolute atomic E-state index is 12.9. The van der Waals surface area contributed by atoms with Crippen molar-refractivity contribution in [3.05, 3.63) is 71.7 Å². The lowest BCUT2D eigenvalue weighted by molar-refractivity contribution is -0.159. The lowest BCUT2D eigenvalue weighted by Crippen LogP contribution is -2.09. The fourth-order valence-corrected chi connectivity index (χ4v) is 2.35. The van der Waals surface area contributed by atoms with E-state index in [-0.39, 0.29) is 5.82 Å². The number of aliphatic carboxylic acids is 2. The van der Waals surface area contributed by atoms with E-state index in [0.29, 0.717) is 6.54 Å².